The normalized spacial score (nSPS) is 11.5. The van der Waals surface area contributed by atoms with Crippen LogP contribution < -0.4 is 5.01 Å². The summed E-state index contributed by atoms with van der Waals surface area (Å²) >= 11 is 4.76. The molecule has 0 N–H and O–H groups in total. The Kier molecular flexibility index (Phi) is 6.71. The highest BCUT2D eigenvalue weighted by molar-refractivity contribution is 9.10. The zero-order valence-corrected chi connectivity index (χ0v) is 19.8. The Morgan fingerprint density at radius 2 is 1.91 bits per heavy atom. The minimum Gasteiger partial charge on any atom is -0.267 e. The molecule has 0 spiro atoms. The van der Waals surface area contributed by atoms with Crippen LogP contribution in [-0.4, -0.2) is 22.0 Å². The largest absolute Gasteiger partial charge is 0.273 e. The number of fused-ring (bicyclic) bond motifs is 1. The molecule has 4 rings (SSSR count). The molecule has 4 aromatic rings. The zero-order chi connectivity index (χ0) is 23.4. The lowest BCUT2D eigenvalue weighted by Crippen LogP contribution is -2.23. The molecule has 164 valence electrons. The second-order valence-corrected chi connectivity index (χ2v) is 9.02. The summed E-state index contributed by atoms with van der Waals surface area (Å²) in [6, 6.07) is 19.5. The molecule has 1 amide bonds. The minimum absolute atomic E-state index is 0.0451. The van der Waals surface area contributed by atoms with Crippen LogP contribution >= 0.6 is 27.3 Å². The number of amides is 1. The topological polar surface area (TPSA) is 88.7 Å². The third kappa shape index (κ3) is 5.57. The van der Waals surface area contributed by atoms with Gasteiger partial charge in [0.2, 0.25) is 5.13 Å². The van der Waals surface area contributed by atoms with Crippen LogP contribution in [0.15, 0.2) is 82.4 Å². The lowest BCUT2D eigenvalue weighted by molar-refractivity contribution is -0.384. The van der Waals surface area contributed by atoms with Crippen molar-refractivity contribution in [2.75, 3.05) is 5.01 Å². The maximum atomic E-state index is 13.1. The number of anilines is 1. The first-order valence-electron chi connectivity index (χ1n) is 9.82. The number of non-ortho nitro benzene ring substituents is 1. The summed E-state index contributed by atoms with van der Waals surface area (Å²) in [4.78, 5) is 28.2. The Bertz CT molecular complexity index is 1400. The Hall–Kier alpha value is -3.69. The maximum absolute atomic E-state index is 13.1. The van der Waals surface area contributed by atoms with E-state index in [1.807, 2.05) is 49.4 Å². The number of aromatic nitrogens is 1. The Morgan fingerprint density at radius 3 is 2.67 bits per heavy atom. The van der Waals surface area contributed by atoms with Gasteiger partial charge in [0.05, 0.1) is 21.4 Å². The van der Waals surface area contributed by atoms with Crippen molar-refractivity contribution in [2.45, 2.75) is 6.92 Å². The number of hydrogen-bond acceptors (Lipinski definition) is 6. The van der Waals surface area contributed by atoms with Crippen LogP contribution in [0.4, 0.5) is 10.8 Å². The molecule has 0 radical (unpaired) electrons. The molecule has 33 heavy (non-hydrogen) atoms. The van der Waals surface area contributed by atoms with E-state index in [-0.39, 0.29) is 5.69 Å². The summed E-state index contributed by atoms with van der Waals surface area (Å²) in [5.41, 5.74) is 3.18. The van der Waals surface area contributed by atoms with Crippen molar-refractivity contribution in [1.82, 2.24) is 4.98 Å². The molecule has 3 aromatic carbocycles. The van der Waals surface area contributed by atoms with Gasteiger partial charge in [0, 0.05) is 22.7 Å². The molecule has 1 aromatic heterocycles. The van der Waals surface area contributed by atoms with E-state index in [2.05, 4.69) is 26.0 Å². The second-order valence-electron chi connectivity index (χ2n) is 7.10. The van der Waals surface area contributed by atoms with E-state index < -0.39 is 10.8 Å². The van der Waals surface area contributed by atoms with Crippen molar-refractivity contribution in [3.63, 3.8) is 0 Å². The van der Waals surface area contributed by atoms with Gasteiger partial charge in [-0.3, -0.25) is 14.9 Å². The van der Waals surface area contributed by atoms with Crippen LogP contribution in [0.5, 0.6) is 0 Å². The number of hydrogen-bond donors (Lipinski definition) is 0. The maximum Gasteiger partial charge on any atom is 0.273 e. The molecule has 0 saturated heterocycles. The van der Waals surface area contributed by atoms with Gasteiger partial charge in [-0.15, -0.1) is 0 Å². The number of benzene rings is 3. The monoisotopic (exact) mass is 520 g/mol. The molecule has 0 fully saturated rings. The molecule has 0 saturated carbocycles. The molecule has 9 heteroatoms. The first-order valence-corrected chi connectivity index (χ1v) is 11.4. The number of hydrazone groups is 1. The summed E-state index contributed by atoms with van der Waals surface area (Å²) in [7, 11) is 0. The third-order valence-corrected chi connectivity index (χ3v) is 6.14. The van der Waals surface area contributed by atoms with Crippen molar-refractivity contribution in [2.24, 2.45) is 5.10 Å². The van der Waals surface area contributed by atoms with Crippen LogP contribution in [0, 0.1) is 17.0 Å². The smallest absolute Gasteiger partial charge is 0.267 e. The lowest BCUT2D eigenvalue weighted by atomic mass is 10.2. The predicted molar refractivity (Wildman–Crippen MR) is 136 cm³/mol. The molecule has 0 bridgehead atoms. The molecular weight excluding hydrogens is 504 g/mol. The van der Waals surface area contributed by atoms with Crippen LogP contribution in [0.2, 0.25) is 0 Å². The standard InChI is InChI=1S/C24H17BrN4O3S/c1-16-5-11-21-22(13-16)33-24(27-21)28(26-15-18-6-9-19(25)10-7-18)23(30)12-8-17-3-2-4-20(14-17)29(31)32/h2-15H,1H3/b12-8+,26-15+. The average Bonchev–Trinajstić information content (AvgIpc) is 3.22. The summed E-state index contributed by atoms with van der Waals surface area (Å²) in [5, 5.41) is 17.1. The van der Waals surface area contributed by atoms with E-state index in [1.165, 1.54) is 40.6 Å². The zero-order valence-electron chi connectivity index (χ0n) is 17.4. The molecule has 0 aliphatic carbocycles. The van der Waals surface area contributed by atoms with Gasteiger partial charge in [-0.05, 0) is 54.0 Å². The summed E-state index contributed by atoms with van der Waals surface area (Å²) in [6.07, 6.45) is 4.44. The molecular formula is C24H17BrN4O3S. The summed E-state index contributed by atoms with van der Waals surface area (Å²) < 4.78 is 1.89. The van der Waals surface area contributed by atoms with Crippen LogP contribution in [0.25, 0.3) is 16.3 Å². The second kappa shape index (κ2) is 9.85. The molecule has 0 unspecified atom stereocenters. The quantitative estimate of drug-likeness (QED) is 0.128. The van der Waals surface area contributed by atoms with Crippen molar-refractivity contribution in [3.05, 3.63) is 104 Å². The Labute approximate surface area is 202 Å². The van der Waals surface area contributed by atoms with Gasteiger partial charge in [0.25, 0.3) is 11.6 Å². The van der Waals surface area contributed by atoms with Gasteiger partial charge in [-0.25, -0.2) is 4.98 Å². The molecule has 0 atom stereocenters. The number of thiazole rings is 1. The molecule has 0 aliphatic rings. The van der Waals surface area contributed by atoms with Gasteiger partial charge in [-0.2, -0.15) is 10.1 Å². The fourth-order valence-corrected chi connectivity index (χ4v) is 4.26. The highest BCUT2D eigenvalue weighted by atomic mass is 79.9. The number of halogens is 1. The van der Waals surface area contributed by atoms with Crippen molar-refractivity contribution in [3.8, 4) is 0 Å². The number of nitrogens with zero attached hydrogens (tertiary/aromatic N) is 4. The number of aryl methyl sites for hydroxylation is 1. The first kappa shape index (κ1) is 22.5. The average molecular weight is 521 g/mol. The predicted octanol–water partition coefficient (Wildman–Crippen LogP) is 6.36. The van der Waals surface area contributed by atoms with E-state index in [4.69, 9.17) is 0 Å². The van der Waals surface area contributed by atoms with Crippen molar-refractivity contribution < 1.29 is 9.72 Å². The number of nitro groups is 1. The fourth-order valence-electron chi connectivity index (χ4n) is 2.96. The highest BCUT2D eigenvalue weighted by Crippen LogP contribution is 2.30. The van der Waals surface area contributed by atoms with Gasteiger partial charge >= 0.3 is 0 Å². The van der Waals surface area contributed by atoms with E-state index in [1.54, 1.807) is 18.3 Å². The van der Waals surface area contributed by atoms with Crippen LogP contribution in [0.3, 0.4) is 0 Å². The van der Waals surface area contributed by atoms with Gasteiger partial charge in [-0.1, -0.05) is 57.6 Å². The number of carbonyl (C=O) groups excluding carboxylic acids is 1. The van der Waals surface area contributed by atoms with Gasteiger partial charge < -0.3 is 0 Å². The fraction of sp³-hybridized carbons (Fsp3) is 0.0417. The number of nitro benzene ring substituents is 1. The molecule has 1 heterocycles. The van der Waals surface area contributed by atoms with Crippen molar-refractivity contribution >= 4 is 66.5 Å². The van der Waals surface area contributed by atoms with Crippen LogP contribution in [0.1, 0.15) is 16.7 Å². The van der Waals surface area contributed by atoms with Crippen molar-refractivity contribution in [1.29, 1.82) is 0 Å². The molecule has 7 nitrogen and oxygen atoms in total. The van der Waals surface area contributed by atoms with E-state index in [0.717, 1.165) is 25.8 Å². The number of rotatable bonds is 6. The summed E-state index contributed by atoms with van der Waals surface area (Å²) in [5.74, 6) is -0.425. The van der Waals surface area contributed by atoms with Gasteiger partial charge in [0.15, 0.2) is 0 Å². The Balaban J connectivity index is 1.67. The van der Waals surface area contributed by atoms with E-state index in [9.17, 15) is 14.9 Å². The molecule has 0 aliphatic heterocycles. The van der Waals surface area contributed by atoms with E-state index >= 15 is 0 Å². The van der Waals surface area contributed by atoms with Gasteiger partial charge in [0.1, 0.15) is 0 Å². The first-order chi connectivity index (χ1) is 15.9. The highest BCUT2D eigenvalue weighted by Gasteiger charge is 2.17. The third-order valence-electron chi connectivity index (χ3n) is 4.61. The Morgan fingerprint density at radius 1 is 1.12 bits per heavy atom. The number of carbonyl (C=O) groups is 1. The van der Waals surface area contributed by atoms with Crippen LogP contribution in [-0.2, 0) is 4.79 Å². The summed E-state index contributed by atoms with van der Waals surface area (Å²) in [6.45, 7) is 2.00. The minimum atomic E-state index is -0.475. The van der Waals surface area contributed by atoms with E-state index in [0.29, 0.717) is 10.7 Å². The lowest BCUT2D eigenvalue weighted by Gasteiger charge is -2.11. The SMILES string of the molecule is Cc1ccc2nc(N(/N=C/c3ccc(Br)cc3)C(=O)/C=C/c3cccc([N+](=O)[O-])c3)sc2c1.